The van der Waals surface area contributed by atoms with E-state index >= 15 is 0 Å². The zero-order valence-electron chi connectivity index (χ0n) is 17.2. The molecular formula is C21H27N5O3S. The maximum absolute atomic E-state index is 13.5. The lowest BCUT2D eigenvalue weighted by atomic mass is 10.1. The largest absolute Gasteiger partial charge is 0.395 e. The van der Waals surface area contributed by atoms with Crippen LogP contribution in [0.25, 0.3) is 0 Å². The number of rotatable bonds is 7. The number of carbonyl (C=O) groups excluding carboxylic acids is 3. The van der Waals surface area contributed by atoms with Crippen LogP contribution in [-0.2, 0) is 4.79 Å². The molecule has 0 radical (unpaired) electrons. The lowest BCUT2D eigenvalue weighted by Gasteiger charge is -2.31. The molecule has 3 rings (SSSR count). The van der Waals surface area contributed by atoms with Crippen LogP contribution in [-0.4, -0.2) is 34.2 Å². The number of primary amides is 1. The fourth-order valence-electron chi connectivity index (χ4n) is 3.74. The van der Waals surface area contributed by atoms with Crippen LogP contribution in [0.5, 0.6) is 0 Å². The Kier molecular flexibility index (Phi) is 6.71. The predicted octanol–water partition coefficient (Wildman–Crippen LogP) is 2.62. The highest BCUT2D eigenvalue weighted by Gasteiger charge is 2.34. The molecule has 1 aromatic heterocycles. The van der Waals surface area contributed by atoms with Crippen LogP contribution in [0.4, 0.5) is 11.4 Å². The SMILES string of the molecule is CC[C@H](C(=O)NC1CCCC1)N(C(=O)c1snc(C(N)=O)c1N)c1ccc(C)cc1. The number of anilines is 2. The predicted molar refractivity (Wildman–Crippen MR) is 118 cm³/mol. The zero-order valence-corrected chi connectivity index (χ0v) is 18.0. The van der Waals surface area contributed by atoms with Crippen molar-refractivity contribution in [1.82, 2.24) is 9.69 Å². The molecule has 9 heteroatoms. The van der Waals surface area contributed by atoms with E-state index in [9.17, 15) is 14.4 Å². The monoisotopic (exact) mass is 429 g/mol. The van der Waals surface area contributed by atoms with Crippen LogP contribution < -0.4 is 21.7 Å². The number of nitrogens with two attached hydrogens (primary N) is 2. The third kappa shape index (κ3) is 4.46. The highest BCUT2D eigenvalue weighted by atomic mass is 32.1. The summed E-state index contributed by atoms with van der Waals surface area (Å²) in [5.41, 5.74) is 12.7. The van der Waals surface area contributed by atoms with Crippen molar-refractivity contribution in [1.29, 1.82) is 0 Å². The first-order valence-electron chi connectivity index (χ1n) is 10.1. The first kappa shape index (κ1) is 21.8. The molecular weight excluding hydrogens is 402 g/mol. The van der Waals surface area contributed by atoms with Gasteiger partial charge in [-0.15, -0.1) is 0 Å². The molecule has 0 saturated heterocycles. The summed E-state index contributed by atoms with van der Waals surface area (Å²) in [5.74, 6) is -1.47. The second kappa shape index (κ2) is 9.25. The van der Waals surface area contributed by atoms with E-state index in [0.717, 1.165) is 42.8 Å². The van der Waals surface area contributed by atoms with E-state index in [1.54, 1.807) is 12.1 Å². The van der Waals surface area contributed by atoms with Gasteiger partial charge < -0.3 is 16.8 Å². The molecule has 1 heterocycles. The minimum absolute atomic E-state index is 0.0549. The number of benzene rings is 1. The van der Waals surface area contributed by atoms with Gasteiger partial charge in [-0.2, -0.15) is 4.37 Å². The third-order valence-electron chi connectivity index (χ3n) is 5.39. The quantitative estimate of drug-likeness (QED) is 0.622. The first-order valence-corrected chi connectivity index (χ1v) is 10.9. The number of hydrogen-bond donors (Lipinski definition) is 3. The summed E-state index contributed by atoms with van der Waals surface area (Å²) in [6.07, 6.45) is 4.50. The summed E-state index contributed by atoms with van der Waals surface area (Å²) >= 11 is 0.813. The van der Waals surface area contributed by atoms with E-state index in [4.69, 9.17) is 11.5 Å². The zero-order chi connectivity index (χ0) is 21.8. The van der Waals surface area contributed by atoms with Gasteiger partial charge in [0, 0.05) is 11.7 Å². The molecule has 1 atom stereocenters. The highest BCUT2D eigenvalue weighted by molar-refractivity contribution is 7.09. The molecule has 3 amide bonds. The molecule has 2 aromatic rings. The molecule has 1 fully saturated rings. The topological polar surface area (TPSA) is 131 Å². The minimum atomic E-state index is -0.796. The molecule has 0 bridgehead atoms. The number of amides is 3. The van der Waals surface area contributed by atoms with Crippen molar-refractivity contribution in [3.05, 3.63) is 40.4 Å². The number of aromatic nitrogens is 1. The van der Waals surface area contributed by atoms with Gasteiger partial charge in [0.15, 0.2) is 5.69 Å². The molecule has 0 spiro atoms. The molecule has 8 nitrogen and oxygen atoms in total. The van der Waals surface area contributed by atoms with Gasteiger partial charge in [0.25, 0.3) is 11.8 Å². The highest BCUT2D eigenvalue weighted by Crippen LogP contribution is 2.29. The lowest BCUT2D eigenvalue weighted by molar-refractivity contribution is -0.123. The Balaban J connectivity index is 1.98. The van der Waals surface area contributed by atoms with Crippen molar-refractivity contribution >= 4 is 40.6 Å². The van der Waals surface area contributed by atoms with E-state index < -0.39 is 17.9 Å². The normalized spacial score (nSPS) is 15.0. The Morgan fingerprint density at radius 1 is 1.23 bits per heavy atom. The third-order valence-corrected chi connectivity index (χ3v) is 6.24. The van der Waals surface area contributed by atoms with E-state index in [-0.39, 0.29) is 28.2 Å². The number of nitrogen functional groups attached to an aromatic ring is 1. The molecule has 30 heavy (non-hydrogen) atoms. The Hall–Kier alpha value is -2.94. The van der Waals surface area contributed by atoms with Crippen molar-refractivity contribution in [3.8, 4) is 0 Å². The van der Waals surface area contributed by atoms with Crippen molar-refractivity contribution in [2.75, 3.05) is 10.6 Å². The summed E-state index contributed by atoms with van der Waals surface area (Å²) in [4.78, 5) is 39.7. The Morgan fingerprint density at radius 3 is 2.40 bits per heavy atom. The number of nitrogens with one attached hydrogen (secondary N) is 1. The van der Waals surface area contributed by atoms with Crippen molar-refractivity contribution in [3.63, 3.8) is 0 Å². The summed E-state index contributed by atoms with van der Waals surface area (Å²) < 4.78 is 3.93. The van der Waals surface area contributed by atoms with Gasteiger partial charge in [0.1, 0.15) is 10.9 Å². The van der Waals surface area contributed by atoms with Gasteiger partial charge in [-0.1, -0.05) is 37.5 Å². The smallest absolute Gasteiger partial charge is 0.272 e. The Bertz CT molecular complexity index is 935. The fourth-order valence-corrected chi connectivity index (χ4v) is 4.48. The Morgan fingerprint density at radius 2 is 1.87 bits per heavy atom. The number of hydrogen-bond acceptors (Lipinski definition) is 6. The van der Waals surface area contributed by atoms with Crippen LogP contribution in [0.3, 0.4) is 0 Å². The Labute approximate surface area is 179 Å². The van der Waals surface area contributed by atoms with Crippen molar-refractivity contribution < 1.29 is 14.4 Å². The molecule has 0 aliphatic heterocycles. The van der Waals surface area contributed by atoms with Gasteiger partial charge >= 0.3 is 0 Å². The van der Waals surface area contributed by atoms with Gasteiger partial charge in [-0.25, -0.2) is 0 Å². The average molecular weight is 430 g/mol. The van der Waals surface area contributed by atoms with Crippen LogP contribution in [0.2, 0.25) is 0 Å². The average Bonchev–Trinajstić information content (AvgIpc) is 3.35. The van der Waals surface area contributed by atoms with Crippen molar-refractivity contribution in [2.45, 2.75) is 58.0 Å². The molecule has 5 N–H and O–H groups in total. The van der Waals surface area contributed by atoms with Gasteiger partial charge in [-0.05, 0) is 49.9 Å². The van der Waals surface area contributed by atoms with Crippen LogP contribution in [0, 0.1) is 6.92 Å². The lowest BCUT2D eigenvalue weighted by Crippen LogP contribution is -2.51. The van der Waals surface area contributed by atoms with Gasteiger partial charge in [0.05, 0.1) is 5.69 Å². The number of nitrogens with zero attached hydrogens (tertiary/aromatic N) is 2. The molecule has 1 aromatic carbocycles. The van der Waals surface area contributed by atoms with E-state index in [2.05, 4.69) is 9.69 Å². The van der Waals surface area contributed by atoms with E-state index in [1.807, 2.05) is 26.0 Å². The standard InChI is InChI=1S/C21H27N5O3S/c1-3-15(20(28)24-13-6-4-5-7-13)26(14-10-8-12(2)9-11-14)21(29)18-16(22)17(19(23)27)25-30-18/h8-11,13,15H,3-7,22H2,1-2H3,(H2,23,27)(H,24,28)/t15-/m1/s1. The van der Waals surface area contributed by atoms with Crippen molar-refractivity contribution in [2.24, 2.45) is 5.73 Å². The first-order chi connectivity index (χ1) is 14.3. The molecule has 1 saturated carbocycles. The summed E-state index contributed by atoms with van der Waals surface area (Å²) in [5, 5.41) is 3.09. The summed E-state index contributed by atoms with van der Waals surface area (Å²) in [6.45, 7) is 3.80. The molecule has 1 aliphatic rings. The summed E-state index contributed by atoms with van der Waals surface area (Å²) in [7, 11) is 0. The minimum Gasteiger partial charge on any atom is -0.395 e. The fraction of sp³-hybridized carbons (Fsp3) is 0.429. The van der Waals surface area contributed by atoms with E-state index in [1.165, 1.54) is 4.90 Å². The molecule has 0 unspecified atom stereocenters. The molecule has 1 aliphatic carbocycles. The van der Waals surface area contributed by atoms with Crippen LogP contribution in [0.15, 0.2) is 24.3 Å². The number of carbonyl (C=O) groups is 3. The van der Waals surface area contributed by atoms with Crippen LogP contribution in [0.1, 0.15) is 64.8 Å². The van der Waals surface area contributed by atoms with Crippen LogP contribution >= 0.6 is 11.5 Å². The summed E-state index contributed by atoms with van der Waals surface area (Å²) in [6, 6.07) is 6.76. The van der Waals surface area contributed by atoms with E-state index in [0.29, 0.717) is 12.1 Å². The second-order valence-electron chi connectivity index (χ2n) is 7.56. The van der Waals surface area contributed by atoms with Gasteiger partial charge in [0.2, 0.25) is 5.91 Å². The van der Waals surface area contributed by atoms with Gasteiger partial charge in [-0.3, -0.25) is 19.3 Å². The second-order valence-corrected chi connectivity index (χ2v) is 8.34. The number of aryl methyl sites for hydroxylation is 1. The molecule has 160 valence electrons. The maximum Gasteiger partial charge on any atom is 0.272 e. The maximum atomic E-state index is 13.5.